The van der Waals surface area contributed by atoms with Crippen molar-refractivity contribution in [3.05, 3.63) is 62.9 Å². The summed E-state index contributed by atoms with van der Waals surface area (Å²) in [5.41, 5.74) is 2.92. The fourth-order valence-corrected chi connectivity index (χ4v) is 4.77. The van der Waals surface area contributed by atoms with Gasteiger partial charge in [0.05, 0.1) is 11.3 Å². The molecule has 0 saturated heterocycles. The van der Waals surface area contributed by atoms with Crippen LogP contribution in [0, 0.1) is 0 Å². The molecule has 4 rings (SSSR count). The lowest BCUT2D eigenvalue weighted by Gasteiger charge is -2.22. The molecule has 6 nitrogen and oxygen atoms in total. The number of unbranched alkanes of at least 4 members (excludes halogenated alkanes) is 3. The van der Waals surface area contributed by atoms with Crippen LogP contribution in [-0.4, -0.2) is 20.9 Å². The van der Waals surface area contributed by atoms with Crippen LogP contribution in [0.1, 0.15) is 44.3 Å². The molecule has 0 bridgehead atoms. The van der Waals surface area contributed by atoms with Crippen molar-refractivity contribution in [2.24, 2.45) is 0 Å². The molecule has 1 aliphatic rings. The standard InChI is InChI=1S/C22H23BrN4O2S/c1-2-3-4-5-12-30-22-25-21(29)19-17-13-15(23)8-11-18(17)24-20(27(19)26-22)14-6-9-16(28)10-7-14/h6-11,13,20H,2-5,12H2,1H3,(H2,25,26,28,29)/p+1/t20-/m0/s1. The smallest absolute Gasteiger partial charge is 0.325 e. The first-order chi connectivity index (χ1) is 14.6. The van der Waals surface area contributed by atoms with Gasteiger partial charge in [-0.1, -0.05) is 53.9 Å². The van der Waals surface area contributed by atoms with Gasteiger partial charge in [-0.3, -0.25) is 9.78 Å². The van der Waals surface area contributed by atoms with Crippen molar-refractivity contribution in [1.29, 1.82) is 0 Å². The number of phenolic OH excluding ortho intramolecular Hbond substituents is 1. The maximum atomic E-state index is 13.1. The number of aromatic hydroxyl groups is 1. The molecule has 0 amide bonds. The predicted molar refractivity (Wildman–Crippen MR) is 123 cm³/mol. The molecule has 0 fully saturated rings. The number of H-pyrrole nitrogens is 1. The van der Waals surface area contributed by atoms with E-state index in [2.05, 4.69) is 33.2 Å². The highest BCUT2D eigenvalue weighted by atomic mass is 79.9. The van der Waals surface area contributed by atoms with Crippen molar-refractivity contribution in [3.8, 4) is 17.0 Å². The summed E-state index contributed by atoms with van der Waals surface area (Å²) in [6, 6.07) is 12.8. The molecule has 1 aromatic heterocycles. The highest BCUT2D eigenvalue weighted by molar-refractivity contribution is 9.10. The number of rotatable bonds is 7. The second-order valence-electron chi connectivity index (χ2n) is 7.29. The lowest BCUT2D eigenvalue weighted by atomic mass is 10.0. The van der Waals surface area contributed by atoms with E-state index in [-0.39, 0.29) is 17.5 Å². The highest BCUT2D eigenvalue weighted by Gasteiger charge is 2.37. The summed E-state index contributed by atoms with van der Waals surface area (Å²) in [7, 11) is 0. The van der Waals surface area contributed by atoms with E-state index < -0.39 is 0 Å². The molecule has 30 heavy (non-hydrogen) atoms. The zero-order chi connectivity index (χ0) is 21.1. The molecule has 3 aromatic rings. The minimum Gasteiger partial charge on any atom is -0.508 e. The molecule has 0 radical (unpaired) electrons. The van der Waals surface area contributed by atoms with Gasteiger partial charge in [-0.15, -0.1) is 0 Å². The van der Waals surface area contributed by atoms with Gasteiger partial charge in [0.25, 0.3) is 6.17 Å². The van der Waals surface area contributed by atoms with Crippen LogP contribution in [0.25, 0.3) is 11.3 Å². The molecule has 0 spiro atoms. The molecular weight excluding hydrogens is 464 g/mol. The molecule has 8 heteroatoms. The monoisotopic (exact) mass is 487 g/mol. The highest BCUT2D eigenvalue weighted by Crippen LogP contribution is 2.34. The number of aromatic nitrogens is 3. The zero-order valence-corrected chi connectivity index (χ0v) is 19.1. The number of hydrogen-bond acceptors (Lipinski definition) is 5. The van der Waals surface area contributed by atoms with Gasteiger partial charge in [-0.25, -0.2) is 0 Å². The lowest BCUT2D eigenvalue weighted by Crippen LogP contribution is -2.55. The molecule has 3 N–H and O–H groups in total. The van der Waals surface area contributed by atoms with E-state index in [0.717, 1.165) is 33.5 Å². The van der Waals surface area contributed by atoms with E-state index in [0.29, 0.717) is 10.9 Å². The number of hydrogen-bond donors (Lipinski definition) is 3. The second-order valence-corrected chi connectivity index (χ2v) is 9.29. The van der Waals surface area contributed by atoms with E-state index in [1.165, 1.54) is 19.3 Å². The largest absolute Gasteiger partial charge is 0.508 e. The van der Waals surface area contributed by atoms with Crippen molar-refractivity contribution in [1.82, 2.24) is 10.1 Å². The molecule has 2 aromatic carbocycles. The summed E-state index contributed by atoms with van der Waals surface area (Å²) in [6.07, 6.45) is 4.35. The topological polar surface area (TPSA) is 81.9 Å². The second kappa shape index (κ2) is 9.22. The minimum absolute atomic E-state index is 0.161. The van der Waals surface area contributed by atoms with Crippen LogP contribution in [-0.2, 0) is 0 Å². The van der Waals surface area contributed by atoms with Gasteiger partial charge in [0.15, 0.2) is 0 Å². The Morgan fingerprint density at radius 2 is 1.97 bits per heavy atom. The summed E-state index contributed by atoms with van der Waals surface area (Å²) in [4.78, 5) is 16.1. The third kappa shape index (κ3) is 4.39. The Morgan fingerprint density at radius 3 is 2.73 bits per heavy atom. The Balaban J connectivity index is 1.75. The number of fused-ring (bicyclic) bond motifs is 3. The SMILES string of the molecule is CCCCCCSc1n[n+]2c(c(=O)[nH]1)-c1cc(Br)ccc1N[C@@H]2c1ccc(O)cc1. The number of nitrogens with one attached hydrogen (secondary N) is 2. The average molecular weight is 488 g/mol. The fourth-order valence-electron chi connectivity index (χ4n) is 3.56. The Morgan fingerprint density at radius 1 is 1.17 bits per heavy atom. The first-order valence-corrected chi connectivity index (χ1v) is 11.9. The number of phenols is 1. The summed E-state index contributed by atoms with van der Waals surface area (Å²) in [6.45, 7) is 2.19. The fraction of sp³-hybridized carbons (Fsp3) is 0.318. The van der Waals surface area contributed by atoms with E-state index in [1.54, 1.807) is 28.6 Å². The van der Waals surface area contributed by atoms with Gasteiger partial charge in [0.1, 0.15) is 5.75 Å². The maximum absolute atomic E-state index is 13.1. The van der Waals surface area contributed by atoms with Crippen molar-refractivity contribution in [3.63, 3.8) is 0 Å². The lowest BCUT2D eigenvalue weighted by molar-refractivity contribution is -0.759. The number of benzene rings is 2. The molecular formula is C22H24BrN4O2S+. The van der Waals surface area contributed by atoms with Gasteiger partial charge in [0.2, 0.25) is 5.16 Å². The van der Waals surface area contributed by atoms with Crippen LogP contribution in [0.2, 0.25) is 0 Å². The van der Waals surface area contributed by atoms with E-state index in [1.807, 2.05) is 30.3 Å². The first-order valence-electron chi connectivity index (χ1n) is 10.1. The van der Waals surface area contributed by atoms with E-state index in [4.69, 9.17) is 5.10 Å². The number of anilines is 1. The van der Waals surface area contributed by atoms with Crippen LogP contribution in [0.5, 0.6) is 5.75 Å². The molecule has 1 aliphatic heterocycles. The Hall–Kier alpha value is -2.32. The molecule has 156 valence electrons. The van der Waals surface area contributed by atoms with Crippen LogP contribution in [0.15, 0.2) is 56.9 Å². The van der Waals surface area contributed by atoms with E-state index in [9.17, 15) is 9.90 Å². The van der Waals surface area contributed by atoms with Gasteiger partial charge in [-0.05, 0) is 53.6 Å². The third-order valence-corrected chi connectivity index (χ3v) is 6.53. The Bertz CT molecular complexity index is 1100. The Kier molecular flexibility index (Phi) is 6.43. The average Bonchev–Trinajstić information content (AvgIpc) is 2.73. The number of aromatic amines is 1. The van der Waals surface area contributed by atoms with Gasteiger partial charge in [0, 0.05) is 20.9 Å². The summed E-state index contributed by atoms with van der Waals surface area (Å²) in [5, 5.41) is 18.6. The molecule has 1 atom stereocenters. The third-order valence-electron chi connectivity index (χ3n) is 5.08. The quantitative estimate of drug-likeness (QED) is 0.252. The number of nitrogens with zero attached hydrogens (tertiary/aromatic N) is 2. The molecule has 2 heterocycles. The normalized spacial score (nSPS) is 14.7. The summed E-state index contributed by atoms with van der Waals surface area (Å²) in [5.74, 6) is 1.12. The van der Waals surface area contributed by atoms with Crippen molar-refractivity contribution >= 4 is 33.4 Å². The first kappa shape index (κ1) is 20.9. The molecule has 0 aliphatic carbocycles. The number of thioether (sulfide) groups is 1. The van der Waals surface area contributed by atoms with E-state index >= 15 is 0 Å². The van der Waals surface area contributed by atoms with Crippen molar-refractivity contribution in [2.45, 2.75) is 43.9 Å². The molecule has 0 saturated carbocycles. The molecule has 0 unspecified atom stereocenters. The minimum atomic E-state index is -0.351. The van der Waals surface area contributed by atoms with Crippen LogP contribution in [0.3, 0.4) is 0 Å². The maximum Gasteiger partial charge on any atom is 0.325 e. The van der Waals surface area contributed by atoms with Crippen LogP contribution < -0.4 is 15.6 Å². The zero-order valence-electron chi connectivity index (χ0n) is 16.7. The van der Waals surface area contributed by atoms with Gasteiger partial charge < -0.3 is 10.4 Å². The number of halogens is 1. The Labute approximate surface area is 187 Å². The summed E-state index contributed by atoms with van der Waals surface area (Å²) < 4.78 is 2.65. The summed E-state index contributed by atoms with van der Waals surface area (Å²) >= 11 is 5.08. The predicted octanol–water partition coefficient (Wildman–Crippen LogP) is 4.84. The van der Waals surface area contributed by atoms with Crippen LogP contribution >= 0.6 is 27.7 Å². The van der Waals surface area contributed by atoms with Crippen molar-refractivity contribution in [2.75, 3.05) is 11.1 Å². The van der Waals surface area contributed by atoms with Crippen LogP contribution in [0.4, 0.5) is 5.69 Å². The van der Waals surface area contributed by atoms with Gasteiger partial charge in [-0.2, -0.15) is 0 Å². The van der Waals surface area contributed by atoms with Crippen molar-refractivity contribution < 1.29 is 9.79 Å². The van der Waals surface area contributed by atoms with Gasteiger partial charge >= 0.3 is 11.3 Å².